The fraction of sp³-hybridized carbons (Fsp3) is 0.125. The Hall–Kier alpha value is -3.47. The van der Waals surface area contributed by atoms with E-state index in [4.69, 9.17) is 13.3 Å². The number of hydrogen-bond acceptors (Lipinski definition) is 10. The summed E-state index contributed by atoms with van der Waals surface area (Å²) in [6, 6.07) is 7.63. The minimum Gasteiger partial charge on any atom is -0.469 e. The van der Waals surface area contributed by atoms with Crippen LogP contribution in [-0.2, 0) is 5.75 Å². The van der Waals surface area contributed by atoms with E-state index in [0.717, 1.165) is 5.56 Å². The number of nitro groups is 1. The standard InChI is InChI=1S/C16H11N5O5S/c1-9-12(6-7-24-9)15-19-20-16(26-15)27-8-13-17-18-14(25-13)10-2-4-11(5-3-10)21(22)23/h2-7H,8H2,1H3. The van der Waals surface area contributed by atoms with E-state index in [1.165, 1.54) is 23.9 Å². The second-order valence-corrected chi connectivity index (χ2v) is 6.28. The van der Waals surface area contributed by atoms with Crippen LogP contribution in [0.2, 0.25) is 0 Å². The number of thioether (sulfide) groups is 1. The van der Waals surface area contributed by atoms with Crippen molar-refractivity contribution in [1.82, 2.24) is 20.4 Å². The van der Waals surface area contributed by atoms with Gasteiger partial charge in [0.1, 0.15) is 5.76 Å². The number of nitrogens with zero attached hydrogens (tertiary/aromatic N) is 5. The lowest BCUT2D eigenvalue weighted by Crippen LogP contribution is -1.87. The van der Waals surface area contributed by atoms with E-state index < -0.39 is 4.92 Å². The molecule has 0 spiro atoms. The number of furan rings is 1. The Bertz CT molecular complexity index is 1080. The van der Waals surface area contributed by atoms with E-state index in [9.17, 15) is 10.1 Å². The van der Waals surface area contributed by atoms with Gasteiger partial charge in [0, 0.05) is 17.7 Å². The maximum Gasteiger partial charge on any atom is 0.277 e. The molecule has 0 saturated heterocycles. The van der Waals surface area contributed by atoms with Crippen molar-refractivity contribution in [2.75, 3.05) is 0 Å². The average molecular weight is 385 g/mol. The maximum atomic E-state index is 10.7. The van der Waals surface area contributed by atoms with Gasteiger partial charge in [-0.25, -0.2) is 0 Å². The Kier molecular flexibility index (Phi) is 4.42. The lowest BCUT2D eigenvalue weighted by molar-refractivity contribution is -0.384. The van der Waals surface area contributed by atoms with Crippen LogP contribution in [0.15, 0.2) is 55.1 Å². The second kappa shape index (κ2) is 7.03. The molecule has 11 heteroatoms. The van der Waals surface area contributed by atoms with Gasteiger partial charge < -0.3 is 13.3 Å². The molecule has 0 aliphatic rings. The number of hydrogen-bond donors (Lipinski definition) is 0. The van der Waals surface area contributed by atoms with Crippen LogP contribution >= 0.6 is 11.8 Å². The van der Waals surface area contributed by atoms with E-state index in [2.05, 4.69) is 20.4 Å². The van der Waals surface area contributed by atoms with Crippen LogP contribution < -0.4 is 0 Å². The second-order valence-electron chi connectivity index (χ2n) is 5.36. The highest BCUT2D eigenvalue weighted by Gasteiger charge is 2.15. The van der Waals surface area contributed by atoms with Crippen LogP contribution in [-0.4, -0.2) is 25.3 Å². The van der Waals surface area contributed by atoms with Gasteiger partial charge in [-0.3, -0.25) is 10.1 Å². The zero-order valence-electron chi connectivity index (χ0n) is 13.9. The first-order valence-electron chi connectivity index (χ1n) is 7.68. The van der Waals surface area contributed by atoms with Crippen molar-refractivity contribution < 1.29 is 18.2 Å². The topological polar surface area (TPSA) is 134 Å². The molecule has 136 valence electrons. The molecule has 3 aromatic heterocycles. The summed E-state index contributed by atoms with van der Waals surface area (Å²) in [6.07, 6.45) is 1.56. The summed E-state index contributed by atoms with van der Waals surface area (Å²) >= 11 is 1.26. The molecular formula is C16H11N5O5S. The Morgan fingerprint density at radius 3 is 2.52 bits per heavy atom. The normalized spacial score (nSPS) is 11.0. The third-order valence-electron chi connectivity index (χ3n) is 3.61. The first kappa shape index (κ1) is 17.0. The molecule has 0 unspecified atom stereocenters. The number of rotatable bonds is 6. The van der Waals surface area contributed by atoms with Gasteiger partial charge in [0.15, 0.2) is 0 Å². The summed E-state index contributed by atoms with van der Waals surface area (Å²) in [5.41, 5.74) is 1.33. The lowest BCUT2D eigenvalue weighted by atomic mass is 10.2. The van der Waals surface area contributed by atoms with Crippen LogP contribution in [0.3, 0.4) is 0 Å². The van der Waals surface area contributed by atoms with E-state index in [0.29, 0.717) is 34.1 Å². The molecule has 0 radical (unpaired) electrons. The summed E-state index contributed by atoms with van der Waals surface area (Å²) in [5.74, 6) is 2.06. The highest BCUT2D eigenvalue weighted by Crippen LogP contribution is 2.28. The fourth-order valence-corrected chi connectivity index (χ4v) is 2.86. The molecule has 1 aromatic carbocycles. The molecule has 0 atom stereocenters. The Morgan fingerprint density at radius 1 is 1.04 bits per heavy atom. The van der Waals surface area contributed by atoms with E-state index >= 15 is 0 Å². The van der Waals surface area contributed by atoms with Crippen molar-refractivity contribution >= 4 is 17.4 Å². The molecular weight excluding hydrogens is 374 g/mol. The smallest absolute Gasteiger partial charge is 0.277 e. The van der Waals surface area contributed by atoms with Crippen LogP contribution in [0, 0.1) is 17.0 Å². The number of non-ortho nitro benzene ring substituents is 1. The van der Waals surface area contributed by atoms with Gasteiger partial charge in [-0.15, -0.1) is 20.4 Å². The predicted molar refractivity (Wildman–Crippen MR) is 92.7 cm³/mol. The zero-order chi connectivity index (χ0) is 18.8. The van der Waals surface area contributed by atoms with Crippen molar-refractivity contribution in [3.63, 3.8) is 0 Å². The molecule has 0 aliphatic heterocycles. The molecule has 0 amide bonds. The summed E-state index contributed by atoms with van der Waals surface area (Å²) in [6.45, 7) is 1.81. The molecule has 4 aromatic rings. The molecule has 0 fully saturated rings. The van der Waals surface area contributed by atoms with E-state index in [1.54, 1.807) is 24.5 Å². The van der Waals surface area contributed by atoms with Crippen LogP contribution in [0.1, 0.15) is 11.7 Å². The third kappa shape index (κ3) is 3.58. The maximum absolute atomic E-state index is 10.7. The summed E-state index contributed by atoms with van der Waals surface area (Å²) in [4.78, 5) is 10.2. The predicted octanol–water partition coefficient (Wildman–Crippen LogP) is 3.89. The summed E-state index contributed by atoms with van der Waals surface area (Å²) < 4.78 is 16.4. The summed E-state index contributed by atoms with van der Waals surface area (Å²) in [5, 5.41) is 26.9. The van der Waals surface area contributed by atoms with Crippen molar-refractivity contribution in [1.29, 1.82) is 0 Å². The van der Waals surface area contributed by atoms with Gasteiger partial charge >= 0.3 is 0 Å². The van der Waals surface area contributed by atoms with Crippen LogP contribution in [0.4, 0.5) is 5.69 Å². The molecule has 0 saturated carbocycles. The number of aromatic nitrogens is 4. The van der Waals surface area contributed by atoms with Crippen molar-refractivity contribution in [2.24, 2.45) is 0 Å². The molecule has 10 nitrogen and oxygen atoms in total. The Morgan fingerprint density at radius 2 is 1.81 bits per heavy atom. The highest BCUT2D eigenvalue weighted by molar-refractivity contribution is 7.98. The van der Waals surface area contributed by atoms with Crippen molar-refractivity contribution in [3.05, 3.63) is 58.4 Å². The SMILES string of the molecule is Cc1occc1-c1nnc(SCc2nnc(-c3ccc([N+](=O)[O-])cc3)o2)o1. The van der Waals surface area contributed by atoms with Gasteiger partial charge in [-0.1, -0.05) is 11.8 Å². The Balaban J connectivity index is 1.42. The Labute approximate surface area is 155 Å². The monoisotopic (exact) mass is 385 g/mol. The van der Waals surface area contributed by atoms with Gasteiger partial charge in [-0.05, 0) is 25.1 Å². The molecule has 4 rings (SSSR count). The highest BCUT2D eigenvalue weighted by atomic mass is 32.2. The molecule has 0 N–H and O–H groups in total. The van der Waals surface area contributed by atoms with Crippen LogP contribution in [0.5, 0.6) is 0 Å². The van der Waals surface area contributed by atoms with E-state index in [-0.39, 0.29) is 11.6 Å². The molecule has 3 heterocycles. The van der Waals surface area contributed by atoms with Gasteiger partial charge in [0.2, 0.25) is 11.8 Å². The van der Waals surface area contributed by atoms with Crippen molar-refractivity contribution in [2.45, 2.75) is 17.9 Å². The largest absolute Gasteiger partial charge is 0.469 e. The molecule has 0 bridgehead atoms. The summed E-state index contributed by atoms with van der Waals surface area (Å²) in [7, 11) is 0. The quantitative estimate of drug-likeness (QED) is 0.273. The fourth-order valence-electron chi connectivity index (χ4n) is 2.26. The van der Waals surface area contributed by atoms with Gasteiger partial charge in [0.25, 0.3) is 16.8 Å². The lowest BCUT2D eigenvalue weighted by Gasteiger charge is -1.94. The minimum absolute atomic E-state index is 0.00546. The minimum atomic E-state index is -0.469. The van der Waals surface area contributed by atoms with Crippen molar-refractivity contribution in [3.8, 4) is 22.9 Å². The average Bonchev–Trinajstić information content (AvgIpc) is 3.40. The first-order valence-corrected chi connectivity index (χ1v) is 8.66. The molecule has 0 aliphatic carbocycles. The molecule has 27 heavy (non-hydrogen) atoms. The zero-order valence-corrected chi connectivity index (χ0v) is 14.7. The number of aryl methyl sites for hydroxylation is 1. The first-order chi connectivity index (χ1) is 13.1. The number of benzene rings is 1. The van der Waals surface area contributed by atoms with Gasteiger partial charge in [-0.2, -0.15) is 0 Å². The van der Waals surface area contributed by atoms with E-state index in [1.807, 2.05) is 6.92 Å². The third-order valence-corrected chi connectivity index (χ3v) is 4.41. The number of nitro benzene ring substituents is 1. The van der Waals surface area contributed by atoms with Gasteiger partial charge in [0.05, 0.1) is 22.5 Å². The van der Waals surface area contributed by atoms with Crippen LogP contribution in [0.25, 0.3) is 22.9 Å².